The molecule has 0 atom stereocenters. The largest absolute Gasteiger partial charge is 0.0772 e. The van der Waals surface area contributed by atoms with E-state index < -0.39 is 0 Å². The third kappa shape index (κ3) is 4.24. The van der Waals surface area contributed by atoms with E-state index in [2.05, 4.69) is 39.8 Å². The van der Waals surface area contributed by atoms with Crippen LogP contribution in [0, 0.1) is 11.8 Å². The summed E-state index contributed by atoms with van der Waals surface area (Å²) in [5, 5.41) is 0. The standard InChI is InChI=1S/C15H26/c1-12(2)8-5-6-9-14-10-7-11-15(14)13(3)4/h10-13H,5-9H2,1-4H3. The van der Waals surface area contributed by atoms with Crippen molar-refractivity contribution in [2.75, 3.05) is 0 Å². The predicted molar refractivity (Wildman–Crippen MR) is 68.9 cm³/mol. The highest BCUT2D eigenvalue weighted by Gasteiger charge is 2.12. The van der Waals surface area contributed by atoms with Crippen LogP contribution in [0.15, 0.2) is 23.3 Å². The molecular formula is C15H26. The number of unbranched alkanes of at least 4 members (excludes halogenated alkanes) is 1. The number of hydrogen-bond acceptors (Lipinski definition) is 0. The molecule has 0 N–H and O–H groups in total. The van der Waals surface area contributed by atoms with Crippen LogP contribution in [0.4, 0.5) is 0 Å². The zero-order valence-corrected chi connectivity index (χ0v) is 10.8. The number of hydrogen-bond donors (Lipinski definition) is 0. The van der Waals surface area contributed by atoms with Crippen molar-refractivity contribution in [2.24, 2.45) is 11.8 Å². The monoisotopic (exact) mass is 206 g/mol. The van der Waals surface area contributed by atoms with E-state index in [1.807, 2.05) is 0 Å². The highest BCUT2D eigenvalue weighted by Crippen LogP contribution is 2.29. The SMILES string of the molecule is CC(C)CCCCC1=CCC=C1C(C)C. The van der Waals surface area contributed by atoms with Crippen LogP contribution < -0.4 is 0 Å². The van der Waals surface area contributed by atoms with Gasteiger partial charge in [0.2, 0.25) is 0 Å². The topological polar surface area (TPSA) is 0 Å². The second-order valence-corrected chi connectivity index (χ2v) is 5.42. The van der Waals surface area contributed by atoms with Gasteiger partial charge in [-0.2, -0.15) is 0 Å². The second kappa shape index (κ2) is 6.15. The van der Waals surface area contributed by atoms with Crippen molar-refractivity contribution < 1.29 is 0 Å². The molecule has 0 aromatic rings. The third-order valence-electron chi connectivity index (χ3n) is 3.17. The van der Waals surface area contributed by atoms with Gasteiger partial charge in [0, 0.05) is 0 Å². The summed E-state index contributed by atoms with van der Waals surface area (Å²) in [6.45, 7) is 9.24. The minimum atomic E-state index is 0.712. The van der Waals surface area contributed by atoms with Crippen LogP contribution in [0.3, 0.4) is 0 Å². The van der Waals surface area contributed by atoms with Crippen LogP contribution in [0.5, 0.6) is 0 Å². The van der Waals surface area contributed by atoms with Crippen molar-refractivity contribution in [1.82, 2.24) is 0 Å². The normalized spacial score (nSPS) is 16.1. The van der Waals surface area contributed by atoms with Crippen molar-refractivity contribution in [3.05, 3.63) is 23.3 Å². The van der Waals surface area contributed by atoms with Crippen LogP contribution in [0.2, 0.25) is 0 Å². The Bertz CT molecular complexity index is 241. The van der Waals surface area contributed by atoms with Crippen LogP contribution in [-0.4, -0.2) is 0 Å². The zero-order valence-electron chi connectivity index (χ0n) is 10.8. The summed E-state index contributed by atoms with van der Waals surface area (Å²) in [5.41, 5.74) is 3.24. The van der Waals surface area contributed by atoms with Gasteiger partial charge in [0.05, 0.1) is 0 Å². The molecule has 0 fully saturated rings. The Labute approximate surface area is 95.5 Å². The molecule has 1 aliphatic carbocycles. The molecule has 0 saturated heterocycles. The Morgan fingerprint density at radius 1 is 1.07 bits per heavy atom. The molecule has 15 heavy (non-hydrogen) atoms. The van der Waals surface area contributed by atoms with Gasteiger partial charge in [0.1, 0.15) is 0 Å². The van der Waals surface area contributed by atoms with Gasteiger partial charge < -0.3 is 0 Å². The van der Waals surface area contributed by atoms with E-state index in [4.69, 9.17) is 0 Å². The predicted octanol–water partition coefficient (Wildman–Crippen LogP) is 5.12. The van der Waals surface area contributed by atoms with Crippen molar-refractivity contribution in [3.63, 3.8) is 0 Å². The first-order valence-corrected chi connectivity index (χ1v) is 6.50. The van der Waals surface area contributed by atoms with Crippen LogP contribution in [-0.2, 0) is 0 Å². The summed E-state index contributed by atoms with van der Waals surface area (Å²) in [6, 6.07) is 0. The molecule has 0 aliphatic heterocycles. The second-order valence-electron chi connectivity index (χ2n) is 5.42. The van der Waals surface area contributed by atoms with Gasteiger partial charge in [-0.15, -0.1) is 0 Å². The fourth-order valence-electron chi connectivity index (χ4n) is 2.30. The Hall–Kier alpha value is -0.520. The smallest absolute Gasteiger partial charge is 0.0157 e. The van der Waals surface area contributed by atoms with Gasteiger partial charge in [0.15, 0.2) is 0 Å². The summed E-state index contributed by atoms with van der Waals surface area (Å²) in [7, 11) is 0. The minimum Gasteiger partial charge on any atom is -0.0772 e. The molecule has 0 nitrogen and oxygen atoms in total. The van der Waals surface area contributed by atoms with Gasteiger partial charge in [-0.1, -0.05) is 52.7 Å². The quantitative estimate of drug-likeness (QED) is 0.529. The molecule has 0 saturated carbocycles. The lowest BCUT2D eigenvalue weighted by atomic mass is 9.93. The molecule has 0 heteroatoms. The summed E-state index contributed by atoms with van der Waals surface area (Å²) >= 11 is 0. The Morgan fingerprint density at radius 2 is 1.80 bits per heavy atom. The Morgan fingerprint density at radius 3 is 2.40 bits per heavy atom. The van der Waals surface area contributed by atoms with Crippen molar-refractivity contribution in [1.29, 1.82) is 0 Å². The molecule has 86 valence electrons. The molecule has 0 heterocycles. The van der Waals surface area contributed by atoms with Gasteiger partial charge in [-0.3, -0.25) is 0 Å². The van der Waals surface area contributed by atoms with Crippen LogP contribution in [0.1, 0.15) is 59.8 Å². The van der Waals surface area contributed by atoms with Crippen molar-refractivity contribution in [3.8, 4) is 0 Å². The molecule has 0 amide bonds. The fraction of sp³-hybridized carbons (Fsp3) is 0.733. The lowest BCUT2D eigenvalue weighted by molar-refractivity contribution is 0.537. The molecule has 0 aromatic carbocycles. The average Bonchev–Trinajstić information content (AvgIpc) is 2.60. The molecule has 1 rings (SSSR count). The number of allylic oxidation sites excluding steroid dienone is 4. The van der Waals surface area contributed by atoms with Crippen molar-refractivity contribution in [2.45, 2.75) is 59.8 Å². The van der Waals surface area contributed by atoms with E-state index >= 15 is 0 Å². The van der Waals surface area contributed by atoms with E-state index in [1.54, 1.807) is 11.1 Å². The molecule has 0 spiro atoms. The average molecular weight is 206 g/mol. The first-order valence-electron chi connectivity index (χ1n) is 6.50. The molecule has 0 aromatic heterocycles. The van der Waals surface area contributed by atoms with Crippen LogP contribution >= 0.6 is 0 Å². The maximum Gasteiger partial charge on any atom is -0.0157 e. The number of rotatable bonds is 6. The van der Waals surface area contributed by atoms with E-state index in [-0.39, 0.29) is 0 Å². The lowest BCUT2D eigenvalue weighted by Crippen LogP contribution is -1.96. The first-order chi connectivity index (χ1) is 7.11. The van der Waals surface area contributed by atoms with E-state index in [9.17, 15) is 0 Å². The minimum absolute atomic E-state index is 0.712. The molecule has 0 radical (unpaired) electrons. The summed E-state index contributed by atoms with van der Waals surface area (Å²) in [6.07, 6.45) is 11.4. The highest BCUT2D eigenvalue weighted by atomic mass is 14.2. The Kier molecular flexibility index (Phi) is 5.14. The molecule has 0 bridgehead atoms. The van der Waals surface area contributed by atoms with E-state index in [1.165, 1.54) is 32.1 Å². The fourth-order valence-corrected chi connectivity index (χ4v) is 2.30. The maximum atomic E-state index is 2.42. The maximum absolute atomic E-state index is 2.42. The molecular weight excluding hydrogens is 180 g/mol. The zero-order chi connectivity index (χ0) is 11.3. The van der Waals surface area contributed by atoms with Gasteiger partial charge >= 0.3 is 0 Å². The van der Waals surface area contributed by atoms with Gasteiger partial charge in [-0.25, -0.2) is 0 Å². The van der Waals surface area contributed by atoms with E-state index in [0.717, 1.165) is 5.92 Å². The Balaban J connectivity index is 2.25. The van der Waals surface area contributed by atoms with E-state index in [0.29, 0.717) is 5.92 Å². The van der Waals surface area contributed by atoms with Gasteiger partial charge in [-0.05, 0) is 42.2 Å². The van der Waals surface area contributed by atoms with Gasteiger partial charge in [0.25, 0.3) is 0 Å². The summed E-state index contributed by atoms with van der Waals surface area (Å²) in [5.74, 6) is 1.58. The summed E-state index contributed by atoms with van der Waals surface area (Å²) in [4.78, 5) is 0. The van der Waals surface area contributed by atoms with Crippen LogP contribution in [0.25, 0.3) is 0 Å². The molecule has 1 aliphatic rings. The highest BCUT2D eigenvalue weighted by molar-refractivity contribution is 5.38. The third-order valence-corrected chi connectivity index (χ3v) is 3.17. The summed E-state index contributed by atoms with van der Waals surface area (Å²) < 4.78 is 0. The first kappa shape index (κ1) is 12.5. The molecule has 0 unspecified atom stereocenters. The van der Waals surface area contributed by atoms with Crippen molar-refractivity contribution >= 4 is 0 Å². The lowest BCUT2D eigenvalue weighted by Gasteiger charge is -2.12.